The van der Waals surface area contributed by atoms with Crippen molar-refractivity contribution < 1.29 is 13.2 Å². The second-order valence-corrected chi connectivity index (χ2v) is 8.86. The van der Waals surface area contributed by atoms with Gasteiger partial charge in [0.2, 0.25) is 15.9 Å². The number of nitrogens with one attached hydrogen (secondary N) is 1. The number of benzene rings is 2. The molecule has 0 saturated carbocycles. The van der Waals surface area contributed by atoms with Crippen LogP contribution < -0.4 is 4.72 Å². The van der Waals surface area contributed by atoms with Crippen LogP contribution in [-0.2, 0) is 14.8 Å². The molecule has 0 bridgehead atoms. The summed E-state index contributed by atoms with van der Waals surface area (Å²) in [4.78, 5) is 21.2. The van der Waals surface area contributed by atoms with Crippen molar-refractivity contribution in [3.8, 4) is 0 Å². The molecule has 9 heteroatoms. The second-order valence-electron chi connectivity index (χ2n) is 7.11. The fourth-order valence-electron chi connectivity index (χ4n) is 3.47. The number of rotatable bonds is 5. The molecule has 1 aliphatic heterocycles. The average molecular weight is 423 g/mol. The van der Waals surface area contributed by atoms with Gasteiger partial charge in [0, 0.05) is 36.5 Å². The Morgan fingerprint density at radius 3 is 2.47 bits per heavy atom. The normalized spacial score (nSPS) is 16.5. The summed E-state index contributed by atoms with van der Waals surface area (Å²) in [6.07, 6.45) is 5.29. The van der Waals surface area contributed by atoms with E-state index in [0.717, 1.165) is 34.1 Å². The molecule has 0 aliphatic carbocycles. The molecule has 1 N–H and O–H groups in total. The molecule has 1 amide bonds. The molecule has 1 aliphatic rings. The molecule has 8 nitrogen and oxygen atoms in total. The topological polar surface area (TPSA) is 105 Å². The summed E-state index contributed by atoms with van der Waals surface area (Å²) < 4.78 is 25.3. The highest BCUT2D eigenvalue weighted by Crippen LogP contribution is 2.34. The van der Waals surface area contributed by atoms with E-state index in [1.54, 1.807) is 31.5 Å². The fourth-order valence-corrected chi connectivity index (χ4v) is 4.03. The Kier molecular flexibility index (Phi) is 5.21. The number of hydrogen-bond acceptors (Lipinski definition) is 6. The number of hydrazone groups is 1. The molecule has 1 aromatic heterocycles. The van der Waals surface area contributed by atoms with Crippen LogP contribution >= 0.6 is 0 Å². The van der Waals surface area contributed by atoms with Gasteiger partial charge >= 0.3 is 0 Å². The van der Waals surface area contributed by atoms with Gasteiger partial charge in [0.15, 0.2) is 0 Å². The highest BCUT2D eigenvalue weighted by molar-refractivity contribution is 7.92. The van der Waals surface area contributed by atoms with Gasteiger partial charge in [-0.3, -0.25) is 19.5 Å². The van der Waals surface area contributed by atoms with Crippen LogP contribution in [0.2, 0.25) is 0 Å². The zero-order valence-electron chi connectivity index (χ0n) is 16.6. The lowest BCUT2D eigenvalue weighted by Crippen LogP contribution is -2.26. The molecular weight excluding hydrogens is 402 g/mol. The summed E-state index contributed by atoms with van der Waals surface area (Å²) in [5.41, 5.74) is 4.62. The first-order valence-electron chi connectivity index (χ1n) is 9.52. The van der Waals surface area contributed by atoms with Crippen molar-refractivity contribution >= 4 is 38.4 Å². The number of hydrogen-bond donors (Lipinski definition) is 1. The van der Waals surface area contributed by atoms with Crippen LogP contribution in [0.5, 0.6) is 0 Å². The summed E-state index contributed by atoms with van der Waals surface area (Å²) in [7, 11) is -3.35. The van der Waals surface area contributed by atoms with Gasteiger partial charge in [-0.15, -0.1) is 0 Å². The first-order valence-corrected chi connectivity index (χ1v) is 11.4. The van der Waals surface area contributed by atoms with Crippen LogP contribution in [0.15, 0.2) is 60.0 Å². The zero-order valence-corrected chi connectivity index (χ0v) is 17.4. The van der Waals surface area contributed by atoms with Gasteiger partial charge in [-0.1, -0.05) is 25.1 Å². The zero-order chi connectivity index (χ0) is 21.3. The third-order valence-corrected chi connectivity index (χ3v) is 5.48. The quantitative estimate of drug-likeness (QED) is 0.679. The van der Waals surface area contributed by atoms with Gasteiger partial charge in [0.05, 0.1) is 29.0 Å². The minimum Gasteiger partial charge on any atom is -0.284 e. The van der Waals surface area contributed by atoms with Crippen LogP contribution in [0.3, 0.4) is 0 Å². The molecule has 0 saturated heterocycles. The van der Waals surface area contributed by atoms with Crippen molar-refractivity contribution in [2.45, 2.75) is 25.8 Å². The molecular formula is C21H21N5O3S. The Balaban J connectivity index is 1.65. The van der Waals surface area contributed by atoms with Gasteiger partial charge in [-0.25, -0.2) is 13.4 Å². The fraction of sp³-hybridized carbons (Fsp3) is 0.238. The first kappa shape index (κ1) is 20.0. The Morgan fingerprint density at radius 1 is 1.10 bits per heavy atom. The van der Waals surface area contributed by atoms with Gasteiger partial charge in [0.25, 0.3) is 0 Å². The highest BCUT2D eigenvalue weighted by Gasteiger charge is 2.32. The summed E-state index contributed by atoms with van der Waals surface area (Å²) in [5.74, 6) is -0.0751. The maximum Gasteiger partial charge on any atom is 0.242 e. The van der Waals surface area contributed by atoms with Gasteiger partial charge < -0.3 is 0 Å². The minimum absolute atomic E-state index is 0.0751. The number of nitrogens with zero attached hydrogens (tertiary/aromatic N) is 4. The van der Waals surface area contributed by atoms with Crippen LogP contribution in [0, 0.1) is 0 Å². The van der Waals surface area contributed by atoms with Gasteiger partial charge in [-0.2, -0.15) is 5.10 Å². The summed E-state index contributed by atoms with van der Waals surface area (Å²) >= 11 is 0. The summed E-state index contributed by atoms with van der Waals surface area (Å²) in [6.45, 7) is 1.80. The van der Waals surface area contributed by atoms with Crippen molar-refractivity contribution in [3.05, 3.63) is 66.0 Å². The maximum atomic E-state index is 12.5. The number of carbonyl (C=O) groups excluding carboxylic acids is 1. The van der Waals surface area contributed by atoms with E-state index in [1.807, 2.05) is 30.3 Å². The van der Waals surface area contributed by atoms with E-state index in [2.05, 4.69) is 19.8 Å². The van der Waals surface area contributed by atoms with Crippen molar-refractivity contribution in [2.75, 3.05) is 11.0 Å². The molecule has 2 aromatic carbocycles. The lowest BCUT2D eigenvalue weighted by atomic mass is 9.98. The van der Waals surface area contributed by atoms with E-state index in [9.17, 15) is 13.2 Å². The minimum atomic E-state index is -3.35. The largest absolute Gasteiger partial charge is 0.284 e. The van der Waals surface area contributed by atoms with E-state index in [-0.39, 0.29) is 11.9 Å². The Bertz CT molecular complexity index is 1240. The van der Waals surface area contributed by atoms with Crippen molar-refractivity contribution in [2.24, 2.45) is 5.10 Å². The number of sulfonamides is 1. The number of fused-ring (bicyclic) bond motifs is 1. The van der Waals surface area contributed by atoms with Gasteiger partial charge in [0.1, 0.15) is 0 Å². The molecule has 0 fully saturated rings. The lowest BCUT2D eigenvalue weighted by Gasteiger charge is -2.21. The number of aromatic nitrogens is 2. The van der Waals surface area contributed by atoms with E-state index in [1.165, 1.54) is 5.01 Å². The molecule has 3 aromatic rings. The van der Waals surface area contributed by atoms with Crippen molar-refractivity contribution in [3.63, 3.8) is 0 Å². The highest BCUT2D eigenvalue weighted by atomic mass is 32.2. The van der Waals surface area contributed by atoms with E-state index < -0.39 is 10.0 Å². The number of anilines is 1. The molecule has 4 rings (SSSR count). The van der Waals surface area contributed by atoms with Crippen molar-refractivity contribution in [1.29, 1.82) is 0 Å². The monoisotopic (exact) mass is 423 g/mol. The number of amides is 1. The third kappa shape index (κ3) is 4.16. The molecule has 0 radical (unpaired) electrons. The summed E-state index contributed by atoms with van der Waals surface area (Å²) in [5, 5.41) is 6.14. The molecule has 2 heterocycles. The SMILES string of the molecule is CCC(=O)N1N=C(c2ccc3nccnc3c2)C[C@@H]1c1ccc(NS(C)(=O)=O)cc1. The van der Waals surface area contributed by atoms with Crippen LogP contribution in [-0.4, -0.2) is 41.3 Å². The molecule has 0 unspecified atom stereocenters. The molecule has 0 spiro atoms. The van der Waals surface area contributed by atoms with Crippen LogP contribution in [0.25, 0.3) is 11.0 Å². The first-order chi connectivity index (χ1) is 14.3. The standard InChI is InChI=1S/C21H21N5O3S/c1-3-21(27)26-20(14-4-7-16(8-5-14)25-30(2,28)29)13-18(24-26)15-6-9-17-19(12-15)23-11-10-22-17/h4-12,20,25H,3,13H2,1-2H3/t20-/m1/s1. The van der Waals surface area contributed by atoms with Crippen LogP contribution in [0.1, 0.15) is 36.9 Å². The van der Waals surface area contributed by atoms with E-state index in [4.69, 9.17) is 0 Å². The molecule has 30 heavy (non-hydrogen) atoms. The Labute approximate surface area is 174 Å². The van der Waals surface area contributed by atoms with E-state index >= 15 is 0 Å². The third-order valence-electron chi connectivity index (χ3n) is 4.87. The predicted octanol–water partition coefficient (Wildman–Crippen LogP) is 3.09. The van der Waals surface area contributed by atoms with Gasteiger partial charge in [-0.05, 0) is 29.8 Å². The summed E-state index contributed by atoms with van der Waals surface area (Å²) in [6, 6.07) is 12.5. The second kappa shape index (κ2) is 7.83. The lowest BCUT2D eigenvalue weighted by molar-refractivity contribution is -0.132. The Hall–Kier alpha value is -3.33. The predicted molar refractivity (Wildman–Crippen MR) is 115 cm³/mol. The van der Waals surface area contributed by atoms with Crippen molar-refractivity contribution in [1.82, 2.24) is 15.0 Å². The Morgan fingerprint density at radius 2 is 1.80 bits per heavy atom. The molecule has 1 atom stereocenters. The maximum absolute atomic E-state index is 12.5. The van der Waals surface area contributed by atoms with E-state index in [0.29, 0.717) is 18.5 Å². The number of carbonyl (C=O) groups is 1. The smallest absolute Gasteiger partial charge is 0.242 e. The van der Waals surface area contributed by atoms with Crippen LogP contribution in [0.4, 0.5) is 5.69 Å². The average Bonchev–Trinajstić information content (AvgIpc) is 3.18. The molecule has 154 valence electrons.